The van der Waals surface area contributed by atoms with Crippen molar-refractivity contribution in [2.75, 3.05) is 19.3 Å². The van der Waals surface area contributed by atoms with Gasteiger partial charge in [-0.1, -0.05) is 35.9 Å². The highest BCUT2D eigenvalue weighted by Gasteiger charge is 2.36. The topological polar surface area (TPSA) is 29.3 Å². The number of aryl methyl sites for hydroxylation is 1. The zero-order valence-corrected chi connectivity index (χ0v) is 13.6. The number of likely N-dealkylation sites (N-methyl/N-ethyl adjacent to an activating group) is 1. The average Bonchev–Trinajstić information content (AvgIpc) is 2.66. The van der Waals surface area contributed by atoms with E-state index in [2.05, 4.69) is 48.3 Å². The largest absolute Gasteiger partial charge is 0.398 e. The van der Waals surface area contributed by atoms with E-state index in [1.54, 1.807) is 0 Å². The van der Waals surface area contributed by atoms with E-state index in [1.807, 2.05) is 0 Å². The van der Waals surface area contributed by atoms with Crippen LogP contribution in [-0.4, -0.2) is 24.5 Å². The first-order chi connectivity index (χ1) is 10.6. The molecule has 4 rings (SSSR count). The van der Waals surface area contributed by atoms with E-state index < -0.39 is 0 Å². The summed E-state index contributed by atoms with van der Waals surface area (Å²) < 4.78 is 0. The molecule has 0 fully saturated rings. The van der Waals surface area contributed by atoms with E-state index in [1.165, 1.54) is 35.1 Å². The minimum Gasteiger partial charge on any atom is -0.398 e. The molecule has 114 valence electrons. The average molecular weight is 313 g/mol. The maximum atomic E-state index is 6.27. The van der Waals surface area contributed by atoms with Gasteiger partial charge < -0.3 is 10.6 Å². The Balaban J connectivity index is 1.94. The third kappa shape index (κ3) is 2.13. The number of nitrogen functional groups attached to an aromatic ring is 1. The van der Waals surface area contributed by atoms with Crippen molar-refractivity contribution in [1.82, 2.24) is 4.90 Å². The molecule has 1 aliphatic carbocycles. The van der Waals surface area contributed by atoms with Gasteiger partial charge in [0, 0.05) is 18.5 Å². The summed E-state index contributed by atoms with van der Waals surface area (Å²) >= 11 is 6.27. The van der Waals surface area contributed by atoms with Gasteiger partial charge in [0.05, 0.1) is 10.7 Å². The number of nitrogens with two attached hydrogens (primary N) is 1. The second-order valence-corrected chi connectivity index (χ2v) is 6.99. The highest BCUT2D eigenvalue weighted by Crippen LogP contribution is 2.43. The molecule has 0 spiro atoms. The highest BCUT2D eigenvalue weighted by molar-refractivity contribution is 6.33. The maximum absolute atomic E-state index is 6.27. The molecule has 2 atom stereocenters. The monoisotopic (exact) mass is 312 g/mol. The molecule has 0 radical (unpaired) electrons. The Labute approximate surface area is 136 Å². The van der Waals surface area contributed by atoms with Crippen molar-refractivity contribution < 1.29 is 0 Å². The molecule has 0 unspecified atom stereocenters. The standard InChI is InChI=1S/C19H21ClN2/c1-22-9-8-13-10-16(20)17(21)11-15(13)19-14-5-3-2-4-12(14)6-7-18(19)22/h2-5,10-11,18-19H,6-9,21H2,1H3/t18-,19+/m0/s1. The van der Waals surface area contributed by atoms with Gasteiger partial charge in [-0.25, -0.2) is 0 Å². The lowest BCUT2D eigenvalue weighted by molar-refractivity contribution is 0.214. The van der Waals surface area contributed by atoms with Gasteiger partial charge in [-0.2, -0.15) is 0 Å². The molecule has 0 aromatic heterocycles. The summed E-state index contributed by atoms with van der Waals surface area (Å²) in [5.41, 5.74) is 12.5. The first-order valence-electron chi connectivity index (χ1n) is 8.01. The van der Waals surface area contributed by atoms with Crippen LogP contribution in [0.25, 0.3) is 0 Å². The summed E-state index contributed by atoms with van der Waals surface area (Å²) in [5, 5.41) is 0.684. The first-order valence-corrected chi connectivity index (χ1v) is 8.39. The summed E-state index contributed by atoms with van der Waals surface area (Å²) in [4.78, 5) is 2.52. The summed E-state index contributed by atoms with van der Waals surface area (Å²) in [6.07, 6.45) is 3.42. The second-order valence-electron chi connectivity index (χ2n) is 6.59. The van der Waals surface area contributed by atoms with Gasteiger partial charge in [-0.15, -0.1) is 0 Å². The van der Waals surface area contributed by atoms with Crippen LogP contribution in [0.2, 0.25) is 5.02 Å². The van der Waals surface area contributed by atoms with E-state index in [-0.39, 0.29) is 0 Å². The third-order valence-electron chi connectivity index (χ3n) is 5.38. The van der Waals surface area contributed by atoms with E-state index >= 15 is 0 Å². The Morgan fingerprint density at radius 2 is 1.91 bits per heavy atom. The molecule has 2 N–H and O–H groups in total. The highest BCUT2D eigenvalue weighted by atomic mass is 35.5. The molecule has 2 aliphatic rings. The van der Waals surface area contributed by atoms with Crippen LogP contribution in [0.5, 0.6) is 0 Å². The second kappa shape index (κ2) is 5.29. The fourth-order valence-electron chi connectivity index (χ4n) is 4.21. The van der Waals surface area contributed by atoms with Crippen molar-refractivity contribution in [3.05, 3.63) is 63.7 Å². The molecular formula is C19H21ClN2. The maximum Gasteiger partial charge on any atom is 0.0638 e. The lowest BCUT2D eigenvalue weighted by Crippen LogP contribution is -2.39. The van der Waals surface area contributed by atoms with E-state index in [9.17, 15) is 0 Å². The van der Waals surface area contributed by atoms with E-state index in [0.29, 0.717) is 22.7 Å². The third-order valence-corrected chi connectivity index (χ3v) is 5.71. The summed E-state index contributed by atoms with van der Waals surface area (Å²) in [6, 6.07) is 13.6. The van der Waals surface area contributed by atoms with Gasteiger partial charge in [0.15, 0.2) is 0 Å². The van der Waals surface area contributed by atoms with Gasteiger partial charge in [0.2, 0.25) is 0 Å². The zero-order valence-electron chi connectivity index (χ0n) is 12.8. The molecule has 3 heteroatoms. The number of hydrogen-bond donors (Lipinski definition) is 1. The Kier molecular flexibility index (Phi) is 3.39. The molecular weight excluding hydrogens is 292 g/mol. The fourth-order valence-corrected chi connectivity index (χ4v) is 4.40. The number of halogens is 1. The molecule has 1 heterocycles. The molecule has 0 saturated heterocycles. The Morgan fingerprint density at radius 1 is 1.09 bits per heavy atom. The molecule has 2 aromatic rings. The molecule has 0 bridgehead atoms. The molecule has 22 heavy (non-hydrogen) atoms. The minimum absolute atomic E-state index is 0.409. The molecule has 0 saturated carbocycles. The summed E-state index contributed by atoms with van der Waals surface area (Å²) in [5.74, 6) is 0.409. The van der Waals surface area contributed by atoms with Crippen LogP contribution in [0.4, 0.5) is 5.69 Å². The van der Waals surface area contributed by atoms with E-state index in [0.717, 1.165) is 13.0 Å². The van der Waals surface area contributed by atoms with Crippen molar-refractivity contribution >= 4 is 17.3 Å². The lowest BCUT2D eigenvalue weighted by Gasteiger charge is -2.38. The Morgan fingerprint density at radius 3 is 2.77 bits per heavy atom. The van der Waals surface area contributed by atoms with Crippen molar-refractivity contribution in [2.24, 2.45) is 0 Å². The number of rotatable bonds is 0. The Bertz CT molecular complexity index is 725. The number of fused-ring (bicyclic) bond motifs is 5. The predicted octanol–water partition coefficient (Wildman–Crippen LogP) is 3.86. The van der Waals surface area contributed by atoms with Crippen LogP contribution in [0.3, 0.4) is 0 Å². The van der Waals surface area contributed by atoms with Gasteiger partial charge >= 0.3 is 0 Å². The minimum atomic E-state index is 0.409. The smallest absolute Gasteiger partial charge is 0.0638 e. The molecule has 0 amide bonds. The summed E-state index contributed by atoms with van der Waals surface area (Å²) in [6.45, 7) is 1.08. The van der Waals surface area contributed by atoms with Crippen LogP contribution in [-0.2, 0) is 12.8 Å². The predicted molar refractivity (Wildman–Crippen MR) is 92.6 cm³/mol. The number of benzene rings is 2. The molecule has 2 nitrogen and oxygen atoms in total. The van der Waals surface area contributed by atoms with Gasteiger partial charge in [0.25, 0.3) is 0 Å². The van der Waals surface area contributed by atoms with Crippen LogP contribution in [0.1, 0.15) is 34.6 Å². The van der Waals surface area contributed by atoms with Crippen molar-refractivity contribution in [3.63, 3.8) is 0 Å². The van der Waals surface area contributed by atoms with Gasteiger partial charge in [0.1, 0.15) is 0 Å². The number of hydrogen-bond acceptors (Lipinski definition) is 2. The van der Waals surface area contributed by atoms with Crippen LogP contribution in [0, 0.1) is 0 Å². The van der Waals surface area contributed by atoms with Crippen molar-refractivity contribution in [1.29, 1.82) is 0 Å². The van der Waals surface area contributed by atoms with Crippen molar-refractivity contribution in [3.8, 4) is 0 Å². The van der Waals surface area contributed by atoms with Crippen molar-refractivity contribution in [2.45, 2.75) is 31.2 Å². The Hall–Kier alpha value is -1.51. The van der Waals surface area contributed by atoms with Crippen LogP contribution in [0.15, 0.2) is 36.4 Å². The first kappa shape index (κ1) is 14.1. The lowest BCUT2D eigenvalue weighted by atomic mass is 9.74. The number of anilines is 1. The quantitative estimate of drug-likeness (QED) is 0.749. The number of nitrogens with zero attached hydrogens (tertiary/aromatic N) is 1. The van der Waals surface area contributed by atoms with Gasteiger partial charge in [-0.3, -0.25) is 0 Å². The molecule has 2 aromatic carbocycles. The van der Waals surface area contributed by atoms with Gasteiger partial charge in [-0.05, 0) is 60.7 Å². The van der Waals surface area contributed by atoms with Crippen LogP contribution < -0.4 is 5.73 Å². The van der Waals surface area contributed by atoms with E-state index in [4.69, 9.17) is 17.3 Å². The van der Waals surface area contributed by atoms with Crippen LogP contribution >= 0.6 is 11.6 Å². The normalized spacial score (nSPS) is 24.1. The SMILES string of the molecule is CN1CCc2cc(Cl)c(N)cc2[C@H]2c3ccccc3CC[C@@H]21. The zero-order chi connectivity index (χ0) is 15.3. The fraction of sp³-hybridized carbons (Fsp3) is 0.368. The molecule has 1 aliphatic heterocycles. The summed E-state index contributed by atoms with van der Waals surface area (Å²) in [7, 11) is 2.25.